The molecule has 0 spiro atoms. The van der Waals surface area contributed by atoms with Crippen LogP contribution >= 0.6 is 11.6 Å². The van der Waals surface area contributed by atoms with E-state index in [1.165, 1.54) is 19.2 Å². The average molecular weight is 251 g/mol. The third-order valence-electron chi connectivity index (χ3n) is 3.66. The maximum atomic E-state index is 6.00. The Bertz CT molecular complexity index is 584. The summed E-state index contributed by atoms with van der Waals surface area (Å²) in [5.74, 6) is 0. The normalized spacial score (nSPS) is 31.5. The van der Waals surface area contributed by atoms with Crippen LogP contribution in [0.15, 0.2) is 12.7 Å². The van der Waals surface area contributed by atoms with Crippen molar-refractivity contribution in [2.75, 3.05) is 0 Å². The number of rotatable bonds is 1. The van der Waals surface area contributed by atoms with E-state index in [2.05, 4.69) is 19.5 Å². The Kier molecular flexibility index (Phi) is 1.96. The van der Waals surface area contributed by atoms with Gasteiger partial charge in [-0.1, -0.05) is 11.6 Å². The lowest BCUT2D eigenvalue weighted by atomic mass is 9.95. The van der Waals surface area contributed by atoms with E-state index < -0.39 is 0 Å². The molecule has 2 aromatic rings. The number of halogens is 1. The average Bonchev–Trinajstić information content (AvgIpc) is 3.01. The Labute approximate surface area is 103 Å². The van der Waals surface area contributed by atoms with Gasteiger partial charge in [0.2, 0.25) is 0 Å². The lowest BCUT2D eigenvalue weighted by Gasteiger charge is -2.19. The van der Waals surface area contributed by atoms with Crippen molar-refractivity contribution >= 4 is 22.8 Å². The van der Waals surface area contributed by atoms with Gasteiger partial charge in [-0.15, -0.1) is 0 Å². The summed E-state index contributed by atoms with van der Waals surface area (Å²) in [6.07, 6.45) is 7.58. The van der Waals surface area contributed by atoms with Gasteiger partial charge in [-0.3, -0.25) is 0 Å². The first-order valence-corrected chi connectivity index (χ1v) is 6.21. The molecule has 3 heterocycles. The summed E-state index contributed by atoms with van der Waals surface area (Å²) in [5.41, 5.74) is 1.49. The molecule has 0 unspecified atom stereocenters. The van der Waals surface area contributed by atoms with Crippen LogP contribution in [0, 0.1) is 0 Å². The number of aromatic nitrogens is 4. The Balaban J connectivity index is 1.83. The van der Waals surface area contributed by atoms with Crippen LogP contribution in [0.4, 0.5) is 0 Å². The summed E-state index contributed by atoms with van der Waals surface area (Å²) in [6, 6.07) is 0.352. The monoisotopic (exact) mass is 250 g/mol. The van der Waals surface area contributed by atoms with Crippen LogP contribution in [0.3, 0.4) is 0 Å². The predicted octanol–water partition coefficient (Wildman–Crippen LogP) is 1.97. The fourth-order valence-electron chi connectivity index (χ4n) is 2.78. The summed E-state index contributed by atoms with van der Waals surface area (Å²) in [4.78, 5) is 12.5. The van der Waals surface area contributed by atoms with Gasteiger partial charge in [0.15, 0.2) is 10.8 Å². The number of imidazole rings is 1. The molecule has 17 heavy (non-hydrogen) atoms. The molecule has 88 valence electrons. The van der Waals surface area contributed by atoms with Crippen molar-refractivity contribution in [2.45, 2.75) is 37.5 Å². The minimum Gasteiger partial charge on any atom is -0.367 e. The van der Waals surface area contributed by atoms with Crippen LogP contribution in [0.2, 0.25) is 5.15 Å². The predicted molar refractivity (Wildman–Crippen MR) is 61.9 cm³/mol. The quantitative estimate of drug-likeness (QED) is 0.574. The van der Waals surface area contributed by atoms with Crippen molar-refractivity contribution in [3.05, 3.63) is 17.8 Å². The molecule has 2 aromatic heterocycles. The molecule has 0 N–H and O–H groups in total. The maximum Gasteiger partial charge on any atom is 0.165 e. The zero-order valence-corrected chi connectivity index (χ0v) is 9.84. The maximum absolute atomic E-state index is 6.00. The van der Waals surface area contributed by atoms with Crippen LogP contribution in [0.1, 0.15) is 25.3 Å². The van der Waals surface area contributed by atoms with Crippen molar-refractivity contribution < 1.29 is 4.74 Å². The fraction of sp³-hybridized carbons (Fsp3) is 0.545. The van der Waals surface area contributed by atoms with Gasteiger partial charge >= 0.3 is 0 Å². The summed E-state index contributed by atoms with van der Waals surface area (Å²) >= 11 is 6.00. The smallest absolute Gasteiger partial charge is 0.165 e. The van der Waals surface area contributed by atoms with E-state index in [0.29, 0.717) is 28.9 Å². The minimum absolute atomic E-state index is 0.342. The summed E-state index contributed by atoms with van der Waals surface area (Å²) < 4.78 is 7.76. The van der Waals surface area contributed by atoms with Gasteiger partial charge in [-0.05, 0) is 19.3 Å². The molecule has 0 radical (unpaired) electrons. The van der Waals surface area contributed by atoms with E-state index in [4.69, 9.17) is 16.3 Å². The molecule has 1 saturated heterocycles. The molecule has 0 aromatic carbocycles. The highest BCUT2D eigenvalue weighted by molar-refractivity contribution is 6.33. The molecule has 6 heteroatoms. The second kappa shape index (κ2) is 3.40. The zero-order chi connectivity index (χ0) is 11.4. The van der Waals surface area contributed by atoms with Gasteiger partial charge in [-0.2, -0.15) is 0 Å². The Morgan fingerprint density at radius 2 is 2.24 bits per heavy atom. The van der Waals surface area contributed by atoms with Crippen LogP contribution < -0.4 is 0 Å². The lowest BCUT2D eigenvalue weighted by molar-refractivity contribution is 0.322. The fourth-order valence-corrected chi connectivity index (χ4v) is 2.96. The highest BCUT2D eigenvalue weighted by atomic mass is 35.5. The number of hydrogen-bond acceptors (Lipinski definition) is 4. The molecule has 0 bridgehead atoms. The standard InChI is InChI=1S/C11H11ClN4O/c12-10-8-11(14-4-13-10)16(5-15-8)6-2-1-3-7-9(6)17-7/h4-7,9H,1-3H2/t6-,7+,9-/m0/s1. The lowest BCUT2D eigenvalue weighted by Crippen LogP contribution is -2.20. The molecular formula is C11H11ClN4O. The molecule has 1 aliphatic carbocycles. The van der Waals surface area contributed by atoms with E-state index in [9.17, 15) is 0 Å². The molecule has 2 fully saturated rings. The number of hydrogen-bond donors (Lipinski definition) is 0. The Morgan fingerprint density at radius 1 is 1.29 bits per heavy atom. The Hall–Kier alpha value is -1.20. The molecule has 0 amide bonds. The van der Waals surface area contributed by atoms with Gasteiger partial charge in [0.1, 0.15) is 17.9 Å². The largest absolute Gasteiger partial charge is 0.367 e. The van der Waals surface area contributed by atoms with E-state index in [1.807, 2.05) is 0 Å². The van der Waals surface area contributed by atoms with Gasteiger partial charge in [0, 0.05) is 0 Å². The third kappa shape index (κ3) is 1.39. The van der Waals surface area contributed by atoms with Gasteiger partial charge < -0.3 is 9.30 Å². The summed E-state index contributed by atoms with van der Waals surface area (Å²) in [7, 11) is 0. The van der Waals surface area contributed by atoms with Crippen LogP contribution in [-0.4, -0.2) is 31.7 Å². The molecule has 1 saturated carbocycles. The molecule has 5 nitrogen and oxygen atoms in total. The van der Waals surface area contributed by atoms with Crippen LogP contribution in [0.5, 0.6) is 0 Å². The van der Waals surface area contributed by atoms with Gasteiger partial charge in [-0.25, -0.2) is 15.0 Å². The first-order valence-electron chi connectivity index (χ1n) is 5.83. The van der Waals surface area contributed by atoms with Crippen molar-refractivity contribution in [3.8, 4) is 0 Å². The number of epoxide rings is 1. The highest BCUT2D eigenvalue weighted by Crippen LogP contribution is 2.44. The second-order valence-corrected chi connectivity index (χ2v) is 4.98. The SMILES string of the molecule is Clc1ncnc2c1ncn2[C@H]1CCC[C@H]2O[C@H]21. The third-order valence-corrected chi connectivity index (χ3v) is 3.94. The topological polar surface area (TPSA) is 56.1 Å². The molecule has 3 atom stereocenters. The molecule has 1 aliphatic heterocycles. The van der Waals surface area contributed by atoms with Crippen LogP contribution in [-0.2, 0) is 4.74 Å². The summed E-state index contributed by atoms with van der Waals surface area (Å²) in [6.45, 7) is 0. The van der Waals surface area contributed by atoms with Crippen molar-refractivity contribution in [1.82, 2.24) is 19.5 Å². The number of nitrogens with zero attached hydrogens (tertiary/aromatic N) is 4. The molecular weight excluding hydrogens is 240 g/mol. The number of fused-ring (bicyclic) bond motifs is 2. The molecule has 2 aliphatic rings. The van der Waals surface area contributed by atoms with Gasteiger partial charge in [0.05, 0.1) is 18.5 Å². The summed E-state index contributed by atoms with van der Waals surface area (Å²) in [5, 5.41) is 0.415. The van der Waals surface area contributed by atoms with E-state index in [1.54, 1.807) is 6.33 Å². The van der Waals surface area contributed by atoms with E-state index in [-0.39, 0.29) is 0 Å². The van der Waals surface area contributed by atoms with E-state index in [0.717, 1.165) is 12.1 Å². The van der Waals surface area contributed by atoms with Gasteiger partial charge in [0.25, 0.3) is 0 Å². The first kappa shape index (κ1) is 9.79. The van der Waals surface area contributed by atoms with Crippen molar-refractivity contribution in [1.29, 1.82) is 0 Å². The number of ether oxygens (including phenoxy) is 1. The van der Waals surface area contributed by atoms with Crippen molar-refractivity contribution in [3.63, 3.8) is 0 Å². The Morgan fingerprint density at radius 3 is 3.18 bits per heavy atom. The molecule has 4 rings (SSSR count). The highest BCUT2D eigenvalue weighted by Gasteiger charge is 2.48. The van der Waals surface area contributed by atoms with Crippen LogP contribution in [0.25, 0.3) is 11.2 Å². The second-order valence-electron chi connectivity index (χ2n) is 4.63. The van der Waals surface area contributed by atoms with Crippen molar-refractivity contribution in [2.24, 2.45) is 0 Å². The minimum atomic E-state index is 0.342. The van der Waals surface area contributed by atoms with E-state index >= 15 is 0 Å². The first-order chi connectivity index (χ1) is 8.34. The zero-order valence-electron chi connectivity index (χ0n) is 9.08.